The fourth-order valence-electron chi connectivity index (χ4n) is 3.41. The first-order valence-corrected chi connectivity index (χ1v) is 10.2. The van der Waals surface area contributed by atoms with Crippen LogP contribution in [0.3, 0.4) is 0 Å². The summed E-state index contributed by atoms with van der Waals surface area (Å²) in [6, 6.07) is 12.2. The summed E-state index contributed by atoms with van der Waals surface area (Å²) in [4.78, 5) is 16.1. The first-order valence-electron chi connectivity index (χ1n) is 9.19. The molecule has 4 rings (SSSR count). The average molecular weight is 392 g/mol. The lowest BCUT2D eigenvalue weighted by Gasteiger charge is -2.08. The third-order valence-electron chi connectivity index (χ3n) is 4.84. The number of aromatic amines is 1. The van der Waals surface area contributed by atoms with E-state index in [0.717, 1.165) is 28.6 Å². The van der Waals surface area contributed by atoms with Gasteiger partial charge in [0.25, 0.3) is 0 Å². The maximum atomic E-state index is 12.9. The number of rotatable bonds is 6. The maximum absolute atomic E-state index is 12.9. The molecule has 2 heterocycles. The minimum atomic E-state index is 0.0553. The summed E-state index contributed by atoms with van der Waals surface area (Å²) in [6.07, 6.45) is 2.73. The van der Waals surface area contributed by atoms with Crippen molar-refractivity contribution < 1.29 is 4.79 Å². The van der Waals surface area contributed by atoms with E-state index in [-0.39, 0.29) is 11.5 Å². The van der Waals surface area contributed by atoms with Crippen LogP contribution in [0.2, 0.25) is 0 Å². The third kappa shape index (κ3) is 3.33. The van der Waals surface area contributed by atoms with Crippen LogP contribution in [0.4, 0.5) is 0 Å². The Hall–Kier alpha value is -2.93. The number of fused-ring (bicyclic) bond motifs is 1. The minimum Gasteiger partial charge on any atom is -0.360 e. The zero-order valence-corrected chi connectivity index (χ0v) is 16.9. The highest BCUT2D eigenvalue weighted by Crippen LogP contribution is 2.26. The molecule has 0 aliphatic carbocycles. The number of hydrogen-bond donors (Lipinski definition) is 1. The number of H-pyrrole nitrogens is 1. The second kappa shape index (κ2) is 7.59. The van der Waals surface area contributed by atoms with Crippen LogP contribution in [0, 0.1) is 13.8 Å². The highest BCUT2D eigenvalue weighted by atomic mass is 32.2. The molecule has 2 aromatic carbocycles. The first kappa shape index (κ1) is 18.4. The fourth-order valence-corrected chi connectivity index (χ4v) is 4.18. The standard InChI is InChI=1S/C21H21N5OS/c1-4-15-6-5-7-16-17(11-22-20(15)16)19(27)12-28-21-23-24-25-26(21)18-9-8-13(2)10-14(18)3/h5-11,22H,4,12H2,1-3H3. The number of tetrazole rings is 1. The Balaban J connectivity index is 1.56. The molecule has 0 amide bonds. The number of aromatic nitrogens is 5. The zero-order chi connectivity index (χ0) is 19.7. The molecule has 0 atom stereocenters. The van der Waals surface area contributed by atoms with Crippen LogP contribution in [0.5, 0.6) is 0 Å². The number of thioether (sulfide) groups is 1. The normalized spacial score (nSPS) is 11.2. The predicted octanol–water partition coefficient (Wildman–Crippen LogP) is 4.30. The van der Waals surface area contributed by atoms with Gasteiger partial charge in [0.1, 0.15) is 0 Å². The molecule has 1 N–H and O–H groups in total. The first-order chi connectivity index (χ1) is 13.6. The Morgan fingerprint density at radius 3 is 2.86 bits per heavy atom. The van der Waals surface area contributed by atoms with E-state index in [1.165, 1.54) is 22.9 Å². The van der Waals surface area contributed by atoms with Crippen LogP contribution >= 0.6 is 11.8 Å². The molecule has 0 saturated heterocycles. The number of para-hydroxylation sites is 1. The number of nitrogens with one attached hydrogen (secondary N) is 1. The summed E-state index contributed by atoms with van der Waals surface area (Å²) in [7, 11) is 0. The van der Waals surface area contributed by atoms with Gasteiger partial charge in [0.2, 0.25) is 5.16 Å². The number of aryl methyl sites for hydroxylation is 3. The summed E-state index contributed by atoms with van der Waals surface area (Å²) in [5.74, 6) is 0.328. The molecule has 0 unspecified atom stereocenters. The molecular weight excluding hydrogens is 370 g/mol. The summed E-state index contributed by atoms with van der Waals surface area (Å²) in [5.41, 5.74) is 6.16. The van der Waals surface area contributed by atoms with Crippen LogP contribution in [-0.2, 0) is 6.42 Å². The quantitative estimate of drug-likeness (QED) is 0.392. The van der Waals surface area contributed by atoms with E-state index < -0.39 is 0 Å². The Kier molecular flexibility index (Phi) is 5.00. The van der Waals surface area contributed by atoms with Crippen LogP contribution in [0.25, 0.3) is 16.6 Å². The lowest BCUT2D eigenvalue weighted by Crippen LogP contribution is -2.05. The summed E-state index contributed by atoms with van der Waals surface area (Å²) in [6.45, 7) is 6.19. The van der Waals surface area contributed by atoms with E-state index in [1.54, 1.807) is 10.9 Å². The van der Waals surface area contributed by atoms with E-state index in [9.17, 15) is 4.79 Å². The van der Waals surface area contributed by atoms with Crippen molar-refractivity contribution >= 4 is 28.4 Å². The van der Waals surface area contributed by atoms with Crippen molar-refractivity contribution in [1.82, 2.24) is 25.2 Å². The molecule has 0 saturated carbocycles. The van der Waals surface area contributed by atoms with Gasteiger partial charge in [0.05, 0.1) is 11.4 Å². The smallest absolute Gasteiger partial charge is 0.214 e. The molecule has 0 spiro atoms. The topological polar surface area (TPSA) is 76.5 Å². The van der Waals surface area contributed by atoms with Gasteiger partial charge in [-0.1, -0.05) is 54.6 Å². The molecule has 4 aromatic rings. The van der Waals surface area contributed by atoms with E-state index in [4.69, 9.17) is 0 Å². The Bertz CT molecular complexity index is 1160. The van der Waals surface area contributed by atoms with Crippen molar-refractivity contribution in [1.29, 1.82) is 0 Å². The molecule has 2 aromatic heterocycles. The summed E-state index contributed by atoms with van der Waals surface area (Å²) >= 11 is 1.35. The fraction of sp³-hybridized carbons (Fsp3) is 0.238. The van der Waals surface area contributed by atoms with Crippen molar-refractivity contribution in [2.75, 3.05) is 5.75 Å². The molecular formula is C21H21N5OS. The van der Waals surface area contributed by atoms with Gasteiger partial charge in [-0.15, -0.1) is 5.10 Å². The number of hydrogen-bond acceptors (Lipinski definition) is 5. The molecule has 0 aliphatic rings. The number of carbonyl (C=O) groups is 1. The molecule has 0 aliphatic heterocycles. The van der Waals surface area contributed by atoms with Gasteiger partial charge < -0.3 is 4.98 Å². The summed E-state index contributed by atoms with van der Waals surface area (Å²) < 4.78 is 1.69. The predicted molar refractivity (Wildman–Crippen MR) is 111 cm³/mol. The van der Waals surface area contributed by atoms with E-state index in [1.807, 2.05) is 31.2 Å². The van der Waals surface area contributed by atoms with Gasteiger partial charge in [-0.2, -0.15) is 4.68 Å². The lowest BCUT2D eigenvalue weighted by atomic mass is 10.1. The number of benzene rings is 2. The van der Waals surface area contributed by atoms with Gasteiger partial charge in [-0.3, -0.25) is 4.79 Å². The zero-order valence-electron chi connectivity index (χ0n) is 16.1. The highest BCUT2D eigenvalue weighted by Gasteiger charge is 2.17. The van der Waals surface area contributed by atoms with Crippen molar-refractivity contribution in [3.8, 4) is 5.69 Å². The minimum absolute atomic E-state index is 0.0553. The van der Waals surface area contributed by atoms with Gasteiger partial charge in [0, 0.05) is 22.7 Å². The number of nitrogens with zero attached hydrogens (tertiary/aromatic N) is 4. The van der Waals surface area contributed by atoms with Gasteiger partial charge in [-0.25, -0.2) is 0 Å². The number of carbonyl (C=O) groups excluding carboxylic acids is 1. The van der Waals surface area contributed by atoms with Crippen molar-refractivity contribution in [3.63, 3.8) is 0 Å². The highest BCUT2D eigenvalue weighted by molar-refractivity contribution is 7.99. The molecule has 28 heavy (non-hydrogen) atoms. The second-order valence-corrected chi connectivity index (χ2v) is 7.71. The lowest BCUT2D eigenvalue weighted by molar-refractivity contribution is 0.102. The van der Waals surface area contributed by atoms with Gasteiger partial charge in [0.15, 0.2) is 5.78 Å². The maximum Gasteiger partial charge on any atom is 0.214 e. The monoisotopic (exact) mass is 391 g/mol. The Morgan fingerprint density at radius 1 is 1.21 bits per heavy atom. The van der Waals surface area contributed by atoms with Crippen LogP contribution < -0.4 is 0 Å². The van der Waals surface area contributed by atoms with E-state index >= 15 is 0 Å². The Morgan fingerprint density at radius 2 is 2.07 bits per heavy atom. The molecule has 6 nitrogen and oxygen atoms in total. The van der Waals surface area contributed by atoms with Crippen LogP contribution in [0.15, 0.2) is 47.8 Å². The van der Waals surface area contributed by atoms with Gasteiger partial charge in [-0.05, 0) is 47.9 Å². The van der Waals surface area contributed by atoms with E-state index in [0.29, 0.717) is 10.7 Å². The molecule has 0 bridgehead atoms. The van der Waals surface area contributed by atoms with Crippen molar-refractivity contribution in [3.05, 3.63) is 64.8 Å². The molecule has 7 heteroatoms. The average Bonchev–Trinajstić information content (AvgIpc) is 3.33. The second-order valence-electron chi connectivity index (χ2n) is 6.77. The SMILES string of the molecule is CCc1cccc2c(C(=O)CSc3nnnn3-c3ccc(C)cc3C)c[nH]c12. The molecule has 0 fully saturated rings. The largest absolute Gasteiger partial charge is 0.360 e. The van der Waals surface area contributed by atoms with Crippen LogP contribution in [0.1, 0.15) is 34.0 Å². The van der Waals surface area contributed by atoms with E-state index in [2.05, 4.69) is 46.5 Å². The molecule has 142 valence electrons. The summed E-state index contributed by atoms with van der Waals surface area (Å²) in [5, 5.41) is 13.6. The number of Topliss-reactive ketones (excluding diaryl/α,β-unsaturated/α-hetero) is 1. The molecule has 0 radical (unpaired) electrons. The Labute approximate surface area is 167 Å². The van der Waals surface area contributed by atoms with Crippen molar-refractivity contribution in [2.45, 2.75) is 32.3 Å². The van der Waals surface area contributed by atoms with Gasteiger partial charge >= 0.3 is 0 Å². The van der Waals surface area contributed by atoms with Crippen molar-refractivity contribution in [2.24, 2.45) is 0 Å². The van der Waals surface area contributed by atoms with Crippen LogP contribution in [-0.4, -0.2) is 36.7 Å². The number of ketones is 1. The third-order valence-corrected chi connectivity index (χ3v) is 5.76.